The predicted molar refractivity (Wildman–Crippen MR) is 63.7 cm³/mol. The lowest BCUT2D eigenvalue weighted by Gasteiger charge is -2.15. The summed E-state index contributed by atoms with van der Waals surface area (Å²) >= 11 is 0. The molecule has 0 atom stereocenters. The number of hydrogen-bond acceptors (Lipinski definition) is 4. The Bertz CT molecular complexity index is 451. The summed E-state index contributed by atoms with van der Waals surface area (Å²) in [5, 5.41) is 11.5. The van der Waals surface area contributed by atoms with Crippen molar-refractivity contribution in [3.05, 3.63) is 23.7 Å². The molecule has 1 amide bonds. The second-order valence-electron chi connectivity index (χ2n) is 4.44. The van der Waals surface area contributed by atoms with Crippen molar-refractivity contribution in [1.29, 1.82) is 0 Å². The van der Waals surface area contributed by atoms with Gasteiger partial charge in [0.1, 0.15) is 5.56 Å². The van der Waals surface area contributed by atoms with E-state index < -0.39 is 11.9 Å². The Morgan fingerprint density at radius 2 is 2.28 bits per heavy atom. The molecule has 0 saturated heterocycles. The highest BCUT2D eigenvalue weighted by molar-refractivity contribution is 6.02. The molecule has 2 rings (SSSR count). The fourth-order valence-corrected chi connectivity index (χ4v) is 1.78. The average Bonchev–Trinajstić information content (AvgIpc) is 3.05. The van der Waals surface area contributed by atoms with Crippen LogP contribution in [0.25, 0.3) is 0 Å². The largest absolute Gasteiger partial charge is 0.478 e. The molecule has 0 aromatic carbocycles. The lowest BCUT2D eigenvalue weighted by atomic mass is 10.2. The number of carboxylic acids is 1. The maximum atomic E-state index is 11.7. The number of furan rings is 1. The van der Waals surface area contributed by atoms with Crippen LogP contribution in [0.2, 0.25) is 0 Å². The lowest BCUT2D eigenvalue weighted by molar-refractivity contribution is 0.0688. The van der Waals surface area contributed by atoms with Crippen molar-refractivity contribution in [1.82, 2.24) is 10.2 Å². The van der Waals surface area contributed by atoms with Crippen LogP contribution in [-0.4, -0.2) is 48.1 Å². The van der Waals surface area contributed by atoms with Crippen molar-refractivity contribution in [2.75, 3.05) is 20.1 Å². The molecule has 1 aliphatic carbocycles. The SMILES string of the molecule is CN(CCNC(=O)c1occc1C(=O)O)C1CC1. The molecule has 0 radical (unpaired) electrons. The summed E-state index contributed by atoms with van der Waals surface area (Å²) in [4.78, 5) is 24.7. The number of nitrogens with zero attached hydrogens (tertiary/aromatic N) is 1. The Morgan fingerprint density at radius 1 is 1.56 bits per heavy atom. The van der Waals surface area contributed by atoms with Crippen LogP contribution in [0.1, 0.15) is 33.8 Å². The normalized spacial score (nSPS) is 14.8. The molecule has 0 unspecified atom stereocenters. The van der Waals surface area contributed by atoms with Gasteiger partial charge in [-0.25, -0.2) is 4.79 Å². The Labute approximate surface area is 105 Å². The zero-order chi connectivity index (χ0) is 13.1. The summed E-state index contributed by atoms with van der Waals surface area (Å²) in [7, 11) is 2.01. The molecule has 0 spiro atoms. The van der Waals surface area contributed by atoms with Crippen molar-refractivity contribution in [2.45, 2.75) is 18.9 Å². The highest BCUT2D eigenvalue weighted by Gasteiger charge is 2.26. The van der Waals surface area contributed by atoms with Crippen LogP contribution in [0.3, 0.4) is 0 Å². The van der Waals surface area contributed by atoms with Crippen molar-refractivity contribution in [3.63, 3.8) is 0 Å². The summed E-state index contributed by atoms with van der Waals surface area (Å²) in [6.07, 6.45) is 3.63. The monoisotopic (exact) mass is 252 g/mol. The zero-order valence-corrected chi connectivity index (χ0v) is 10.2. The number of amides is 1. The molecule has 6 heteroatoms. The molecule has 1 heterocycles. The van der Waals surface area contributed by atoms with Gasteiger partial charge in [0.05, 0.1) is 6.26 Å². The van der Waals surface area contributed by atoms with Gasteiger partial charge in [-0.2, -0.15) is 0 Å². The number of rotatable bonds is 6. The summed E-state index contributed by atoms with van der Waals surface area (Å²) < 4.78 is 4.90. The highest BCUT2D eigenvalue weighted by atomic mass is 16.4. The van der Waals surface area contributed by atoms with E-state index in [9.17, 15) is 9.59 Å². The van der Waals surface area contributed by atoms with Gasteiger partial charge in [0.25, 0.3) is 5.91 Å². The topological polar surface area (TPSA) is 82.8 Å². The van der Waals surface area contributed by atoms with Crippen molar-refractivity contribution in [3.8, 4) is 0 Å². The van der Waals surface area contributed by atoms with Crippen molar-refractivity contribution in [2.24, 2.45) is 0 Å². The van der Waals surface area contributed by atoms with E-state index in [-0.39, 0.29) is 11.3 Å². The number of carbonyl (C=O) groups excluding carboxylic acids is 1. The second kappa shape index (κ2) is 5.22. The van der Waals surface area contributed by atoms with Gasteiger partial charge in [0.15, 0.2) is 0 Å². The van der Waals surface area contributed by atoms with E-state index in [2.05, 4.69) is 10.2 Å². The van der Waals surface area contributed by atoms with Crippen LogP contribution in [-0.2, 0) is 0 Å². The minimum Gasteiger partial charge on any atom is -0.478 e. The molecule has 18 heavy (non-hydrogen) atoms. The molecular formula is C12H16N2O4. The molecule has 98 valence electrons. The lowest BCUT2D eigenvalue weighted by Crippen LogP contribution is -2.34. The van der Waals surface area contributed by atoms with Crippen LogP contribution < -0.4 is 5.32 Å². The Morgan fingerprint density at radius 3 is 2.89 bits per heavy atom. The molecule has 0 bridgehead atoms. The fourth-order valence-electron chi connectivity index (χ4n) is 1.78. The number of aromatic carboxylic acids is 1. The van der Waals surface area contributed by atoms with Gasteiger partial charge in [-0.15, -0.1) is 0 Å². The fraction of sp³-hybridized carbons (Fsp3) is 0.500. The molecule has 1 aromatic rings. The first-order valence-electron chi connectivity index (χ1n) is 5.89. The predicted octanol–water partition coefficient (Wildman–Crippen LogP) is 0.802. The van der Waals surface area contributed by atoms with Crippen LogP contribution in [0.4, 0.5) is 0 Å². The van der Waals surface area contributed by atoms with Gasteiger partial charge in [0, 0.05) is 19.1 Å². The first-order valence-corrected chi connectivity index (χ1v) is 5.89. The van der Waals surface area contributed by atoms with Gasteiger partial charge in [0.2, 0.25) is 5.76 Å². The first kappa shape index (κ1) is 12.6. The van der Waals surface area contributed by atoms with E-state index in [0.29, 0.717) is 12.6 Å². The molecule has 0 aliphatic heterocycles. The molecule has 1 aliphatic rings. The Hall–Kier alpha value is -1.82. The summed E-state index contributed by atoms with van der Waals surface area (Å²) in [5.41, 5.74) is -0.108. The molecular weight excluding hydrogens is 236 g/mol. The first-order chi connectivity index (χ1) is 8.59. The van der Waals surface area contributed by atoms with Crippen LogP contribution in [0, 0.1) is 0 Å². The Kier molecular flexibility index (Phi) is 3.66. The third kappa shape index (κ3) is 2.89. The zero-order valence-electron chi connectivity index (χ0n) is 10.2. The van der Waals surface area contributed by atoms with E-state index in [0.717, 1.165) is 6.54 Å². The van der Waals surface area contributed by atoms with Crippen LogP contribution in [0.15, 0.2) is 16.7 Å². The van der Waals surface area contributed by atoms with E-state index >= 15 is 0 Å². The van der Waals surface area contributed by atoms with Crippen LogP contribution >= 0.6 is 0 Å². The average molecular weight is 252 g/mol. The van der Waals surface area contributed by atoms with E-state index in [4.69, 9.17) is 9.52 Å². The summed E-state index contributed by atoms with van der Waals surface area (Å²) in [6, 6.07) is 1.91. The number of likely N-dealkylation sites (N-methyl/N-ethyl adjacent to an activating group) is 1. The highest BCUT2D eigenvalue weighted by Crippen LogP contribution is 2.24. The quantitative estimate of drug-likeness (QED) is 0.782. The van der Waals surface area contributed by atoms with Gasteiger partial charge in [-0.3, -0.25) is 4.79 Å². The van der Waals surface area contributed by atoms with Crippen molar-refractivity contribution >= 4 is 11.9 Å². The van der Waals surface area contributed by atoms with E-state index in [1.165, 1.54) is 25.2 Å². The smallest absolute Gasteiger partial charge is 0.339 e. The minimum atomic E-state index is -1.16. The van der Waals surface area contributed by atoms with Crippen molar-refractivity contribution < 1.29 is 19.1 Å². The van der Waals surface area contributed by atoms with Gasteiger partial charge in [-0.1, -0.05) is 0 Å². The molecule has 6 nitrogen and oxygen atoms in total. The molecule has 1 fully saturated rings. The minimum absolute atomic E-state index is 0.108. The number of nitrogens with one attached hydrogen (secondary N) is 1. The van der Waals surface area contributed by atoms with Gasteiger partial charge >= 0.3 is 5.97 Å². The third-order valence-electron chi connectivity index (χ3n) is 3.02. The number of carboxylic acid groups (broad SMARTS) is 1. The van der Waals surface area contributed by atoms with Crippen LogP contribution in [0.5, 0.6) is 0 Å². The third-order valence-corrected chi connectivity index (χ3v) is 3.02. The maximum absolute atomic E-state index is 11.7. The summed E-state index contributed by atoms with van der Waals surface area (Å²) in [6.45, 7) is 1.23. The number of carbonyl (C=O) groups is 2. The molecule has 2 N–H and O–H groups in total. The molecule has 1 aromatic heterocycles. The van der Waals surface area contributed by atoms with E-state index in [1.54, 1.807) is 0 Å². The van der Waals surface area contributed by atoms with Gasteiger partial charge in [-0.05, 0) is 26.0 Å². The van der Waals surface area contributed by atoms with Gasteiger partial charge < -0.3 is 19.7 Å². The number of hydrogen-bond donors (Lipinski definition) is 2. The summed E-state index contributed by atoms with van der Waals surface area (Å²) in [5.74, 6) is -1.79. The maximum Gasteiger partial charge on any atom is 0.339 e. The molecule has 1 saturated carbocycles. The second-order valence-corrected chi connectivity index (χ2v) is 4.44. The Balaban J connectivity index is 1.83. The standard InChI is InChI=1S/C12H16N2O4/c1-14(8-2-3-8)6-5-13-11(15)10-9(12(16)17)4-7-18-10/h4,7-8H,2-3,5-6H2,1H3,(H,13,15)(H,16,17). The van der Waals surface area contributed by atoms with E-state index in [1.807, 2.05) is 7.05 Å².